The maximum absolute atomic E-state index is 11.5. The smallest absolute Gasteiger partial charge is 0.270 e. The molecule has 1 aromatic carbocycles. The molecule has 0 radical (unpaired) electrons. The fraction of sp³-hybridized carbons (Fsp3) is 0.333. The van der Waals surface area contributed by atoms with E-state index in [1.54, 1.807) is 0 Å². The highest BCUT2D eigenvalue weighted by Gasteiger charge is 2.10. The zero-order valence-electron chi connectivity index (χ0n) is 10.4. The summed E-state index contributed by atoms with van der Waals surface area (Å²) in [6, 6.07) is 9.82. The standard InChI is InChI=1S/C12H15N5O/c1-9(2)11(18)13-12-14-16-17(15-12)8-10-6-4-3-5-7-10/h3-7,9H,8H2,1-2H3,(H,13,15,18). The number of rotatable bonds is 4. The number of nitrogens with one attached hydrogen (secondary N) is 1. The molecule has 18 heavy (non-hydrogen) atoms. The van der Waals surface area contributed by atoms with Crippen LogP contribution in [0.2, 0.25) is 0 Å². The van der Waals surface area contributed by atoms with Crippen LogP contribution in [0, 0.1) is 5.92 Å². The Morgan fingerprint density at radius 3 is 2.72 bits per heavy atom. The molecule has 1 heterocycles. The molecule has 0 atom stereocenters. The number of carbonyl (C=O) groups excluding carboxylic acids is 1. The van der Waals surface area contributed by atoms with E-state index in [0.29, 0.717) is 6.54 Å². The number of hydrogen-bond donors (Lipinski definition) is 1. The van der Waals surface area contributed by atoms with E-state index in [1.807, 2.05) is 44.2 Å². The summed E-state index contributed by atoms with van der Waals surface area (Å²) < 4.78 is 0. The molecule has 0 aliphatic carbocycles. The first-order valence-corrected chi connectivity index (χ1v) is 5.78. The summed E-state index contributed by atoms with van der Waals surface area (Å²) in [5.41, 5.74) is 1.08. The van der Waals surface area contributed by atoms with Crippen molar-refractivity contribution < 1.29 is 4.79 Å². The predicted molar refractivity (Wildman–Crippen MR) is 66.8 cm³/mol. The van der Waals surface area contributed by atoms with E-state index in [-0.39, 0.29) is 17.8 Å². The lowest BCUT2D eigenvalue weighted by atomic mass is 10.2. The quantitative estimate of drug-likeness (QED) is 0.881. The summed E-state index contributed by atoms with van der Waals surface area (Å²) in [4.78, 5) is 12.9. The van der Waals surface area contributed by atoms with Gasteiger partial charge in [-0.2, -0.15) is 4.80 Å². The molecule has 0 saturated heterocycles. The number of hydrogen-bond acceptors (Lipinski definition) is 4. The van der Waals surface area contributed by atoms with Gasteiger partial charge in [-0.1, -0.05) is 49.3 Å². The first-order chi connectivity index (χ1) is 8.65. The van der Waals surface area contributed by atoms with Gasteiger partial charge in [-0.05, 0) is 10.8 Å². The molecular weight excluding hydrogens is 230 g/mol. The molecule has 0 bridgehead atoms. The zero-order chi connectivity index (χ0) is 13.0. The molecular formula is C12H15N5O. The maximum Gasteiger partial charge on any atom is 0.270 e. The van der Waals surface area contributed by atoms with E-state index in [4.69, 9.17) is 0 Å². The van der Waals surface area contributed by atoms with Crippen LogP contribution in [-0.2, 0) is 11.3 Å². The second-order valence-corrected chi connectivity index (χ2v) is 4.27. The van der Waals surface area contributed by atoms with Crippen LogP contribution in [0.15, 0.2) is 30.3 Å². The summed E-state index contributed by atoms with van der Waals surface area (Å²) in [5.74, 6) is 0.0185. The third-order valence-electron chi connectivity index (χ3n) is 2.38. The highest BCUT2D eigenvalue weighted by Crippen LogP contribution is 2.03. The van der Waals surface area contributed by atoms with Crippen LogP contribution in [0.4, 0.5) is 5.95 Å². The van der Waals surface area contributed by atoms with Gasteiger partial charge >= 0.3 is 0 Å². The number of tetrazole rings is 1. The molecule has 0 spiro atoms. The van der Waals surface area contributed by atoms with Crippen molar-refractivity contribution in [1.82, 2.24) is 20.2 Å². The molecule has 94 valence electrons. The molecule has 1 N–H and O–H groups in total. The summed E-state index contributed by atoms with van der Waals surface area (Å²) in [6.07, 6.45) is 0. The van der Waals surface area contributed by atoms with Gasteiger partial charge in [0.1, 0.15) is 0 Å². The highest BCUT2D eigenvalue weighted by atomic mass is 16.2. The normalized spacial score (nSPS) is 10.6. The minimum absolute atomic E-state index is 0.105. The topological polar surface area (TPSA) is 72.7 Å². The van der Waals surface area contributed by atoms with Gasteiger partial charge in [0, 0.05) is 5.92 Å². The second-order valence-electron chi connectivity index (χ2n) is 4.27. The number of nitrogens with zero attached hydrogens (tertiary/aromatic N) is 4. The van der Waals surface area contributed by atoms with Crippen LogP contribution in [0.1, 0.15) is 19.4 Å². The fourth-order valence-electron chi connectivity index (χ4n) is 1.36. The molecule has 0 aliphatic heterocycles. The van der Waals surface area contributed by atoms with Gasteiger partial charge in [0.2, 0.25) is 5.91 Å². The summed E-state index contributed by atoms with van der Waals surface area (Å²) in [6.45, 7) is 4.15. The minimum Gasteiger partial charge on any atom is -0.292 e. The maximum atomic E-state index is 11.5. The molecule has 2 aromatic rings. The first-order valence-electron chi connectivity index (χ1n) is 5.78. The highest BCUT2D eigenvalue weighted by molar-refractivity contribution is 5.90. The van der Waals surface area contributed by atoms with E-state index in [0.717, 1.165) is 5.56 Å². The van der Waals surface area contributed by atoms with Crippen LogP contribution in [0.5, 0.6) is 0 Å². The largest absolute Gasteiger partial charge is 0.292 e. The van der Waals surface area contributed by atoms with Crippen LogP contribution >= 0.6 is 0 Å². The van der Waals surface area contributed by atoms with Gasteiger partial charge in [-0.3, -0.25) is 10.1 Å². The van der Waals surface area contributed by atoms with E-state index < -0.39 is 0 Å². The predicted octanol–water partition coefficient (Wildman–Crippen LogP) is 1.32. The van der Waals surface area contributed by atoms with Crippen LogP contribution in [0.25, 0.3) is 0 Å². The lowest BCUT2D eigenvalue weighted by Crippen LogP contribution is -2.18. The number of anilines is 1. The third-order valence-corrected chi connectivity index (χ3v) is 2.38. The van der Waals surface area contributed by atoms with Gasteiger partial charge in [0.25, 0.3) is 5.95 Å². The lowest BCUT2D eigenvalue weighted by Gasteiger charge is -2.02. The monoisotopic (exact) mass is 245 g/mol. The molecule has 0 unspecified atom stereocenters. The Morgan fingerprint density at radius 2 is 2.06 bits per heavy atom. The molecule has 0 saturated carbocycles. The van der Waals surface area contributed by atoms with Gasteiger partial charge in [-0.25, -0.2) is 0 Å². The van der Waals surface area contributed by atoms with Gasteiger partial charge in [0.15, 0.2) is 0 Å². The van der Waals surface area contributed by atoms with Crippen molar-refractivity contribution in [2.45, 2.75) is 20.4 Å². The second kappa shape index (κ2) is 5.39. The van der Waals surface area contributed by atoms with Crippen molar-refractivity contribution >= 4 is 11.9 Å². The number of carbonyl (C=O) groups is 1. The Balaban J connectivity index is 2.00. The van der Waals surface area contributed by atoms with E-state index in [2.05, 4.69) is 20.7 Å². The average molecular weight is 245 g/mol. The lowest BCUT2D eigenvalue weighted by molar-refractivity contribution is -0.118. The fourth-order valence-corrected chi connectivity index (χ4v) is 1.36. The first kappa shape index (κ1) is 12.2. The van der Waals surface area contributed by atoms with Crippen LogP contribution in [-0.4, -0.2) is 26.1 Å². The summed E-state index contributed by atoms with van der Waals surface area (Å²) >= 11 is 0. The average Bonchev–Trinajstić information content (AvgIpc) is 2.77. The molecule has 6 nitrogen and oxygen atoms in total. The summed E-state index contributed by atoms with van der Waals surface area (Å²) in [7, 11) is 0. The van der Waals surface area contributed by atoms with E-state index in [9.17, 15) is 4.79 Å². The van der Waals surface area contributed by atoms with Gasteiger partial charge in [0.05, 0.1) is 6.54 Å². The Hall–Kier alpha value is -2.24. The molecule has 0 aliphatic rings. The Bertz CT molecular complexity index is 520. The van der Waals surface area contributed by atoms with Crippen molar-refractivity contribution in [3.63, 3.8) is 0 Å². The Morgan fingerprint density at radius 1 is 1.33 bits per heavy atom. The SMILES string of the molecule is CC(C)C(=O)Nc1nnn(Cc2ccccc2)n1. The van der Waals surface area contributed by atoms with Crippen molar-refractivity contribution in [2.75, 3.05) is 5.32 Å². The van der Waals surface area contributed by atoms with Crippen LogP contribution in [0.3, 0.4) is 0 Å². The minimum atomic E-state index is -0.116. The van der Waals surface area contributed by atoms with E-state index >= 15 is 0 Å². The summed E-state index contributed by atoms with van der Waals surface area (Å²) in [5, 5.41) is 14.4. The number of aromatic nitrogens is 4. The van der Waals surface area contributed by atoms with E-state index in [1.165, 1.54) is 4.80 Å². The van der Waals surface area contributed by atoms with Crippen molar-refractivity contribution in [2.24, 2.45) is 5.92 Å². The molecule has 2 rings (SSSR count). The van der Waals surface area contributed by atoms with Crippen molar-refractivity contribution in [3.8, 4) is 0 Å². The molecule has 6 heteroatoms. The number of amides is 1. The number of benzene rings is 1. The van der Waals surface area contributed by atoms with Gasteiger partial charge < -0.3 is 0 Å². The van der Waals surface area contributed by atoms with Crippen molar-refractivity contribution in [3.05, 3.63) is 35.9 Å². The molecule has 1 amide bonds. The molecule has 0 fully saturated rings. The Labute approximate surface area is 105 Å². The van der Waals surface area contributed by atoms with Gasteiger partial charge in [-0.15, -0.1) is 5.10 Å². The third kappa shape index (κ3) is 3.13. The Kier molecular flexibility index (Phi) is 3.66. The van der Waals surface area contributed by atoms with Crippen LogP contribution < -0.4 is 5.32 Å². The molecule has 1 aromatic heterocycles. The zero-order valence-corrected chi connectivity index (χ0v) is 10.4. The van der Waals surface area contributed by atoms with Crippen molar-refractivity contribution in [1.29, 1.82) is 0 Å².